The minimum Gasteiger partial charge on any atom is -0.496 e. The lowest BCUT2D eigenvalue weighted by Crippen LogP contribution is -2.48. The molecule has 2 aromatic rings. The van der Waals surface area contributed by atoms with Gasteiger partial charge in [0.1, 0.15) is 5.75 Å². The van der Waals surface area contributed by atoms with E-state index >= 15 is 0 Å². The van der Waals surface area contributed by atoms with Gasteiger partial charge in [0.15, 0.2) is 0 Å². The van der Waals surface area contributed by atoms with Gasteiger partial charge in [0.05, 0.1) is 19.1 Å². The van der Waals surface area contributed by atoms with Crippen molar-refractivity contribution in [1.29, 1.82) is 0 Å². The molecule has 1 N–H and O–H groups in total. The zero-order valence-corrected chi connectivity index (χ0v) is 18.0. The number of nitrogens with zero attached hydrogens (tertiary/aromatic N) is 1. The second-order valence-corrected chi connectivity index (χ2v) is 7.80. The Kier molecular flexibility index (Phi) is 7.89. The van der Waals surface area contributed by atoms with E-state index in [2.05, 4.69) is 24.4 Å². The van der Waals surface area contributed by atoms with E-state index in [1.807, 2.05) is 47.4 Å². The number of carbonyl (C=O) groups excluding carboxylic acids is 2. The van der Waals surface area contributed by atoms with Crippen LogP contribution in [0.2, 0.25) is 0 Å². The average Bonchev–Trinajstić information content (AvgIpc) is 2.78. The van der Waals surface area contributed by atoms with Gasteiger partial charge < -0.3 is 15.0 Å². The second-order valence-electron chi connectivity index (χ2n) is 7.80. The number of carbonyl (C=O) groups is 2. The molecule has 0 saturated carbocycles. The monoisotopic (exact) mass is 408 g/mol. The number of amides is 2. The number of piperidine rings is 1. The Bertz CT molecular complexity index is 837. The Morgan fingerprint density at radius 3 is 2.60 bits per heavy atom. The summed E-state index contributed by atoms with van der Waals surface area (Å²) in [6.45, 7) is 3.35. The molecule has 1 aliphatic rings. The predicted octanol–water partition coefficient (Wildman–Crippen LogP) is 4.13. The highest BCUT2D eigenvalue weighted by Crippen LogP contribution is 2.40. The topological polar surface area (TPSA) is 58.6 Å². The summed E-state index contributed by atoms with van der Waals surface area (Å²) < 4.78 is 5.58. The van der Waals surface area contributed by atoms with Gasteiger partial charge in [-0.3, -0.25) is 9.59 Å². The van der Waals surface area contributed by atoms with Crippen LogP contribution in [-0.2, 0) is 16.0 Å². The van der Waals surface area contributed by atoms with Crippen molar-refractivity contribution in [1.82, 2.24) is 10.2 Å². The number of nitrogens with one attached hydrogen (secondary N) is 1. The summed E-state index contributed by atoms with van der Waals surface area (Å²) >= 11 is 0. The van der Waals surface area contributed by atoms with Crippen LogP contribution in [0.25, 0.3) is 0 Å². The fraction of sp³-hybridized carbons (Fsp3) is 0.440. The smallest absolute Gasteiger partial charge is 0.225 e. The largest absolute Gasteiger partial charge is 0.496 e. The minimum atomic E-state index is -0.300. The fourth-order valence-electron chi connectivity index (χ4n) is 4.22. The van der Waals surface area contributed by atoms with Crippen LogP contribution in [0.4, 0.5) is 0 Å². The zero-order valence-electron chi connectivity index (χ0n) is 18.0. The highest BCUT2D eigenvalue weighted by molar-refractivity contribution is 5.85. The lowest BCUT2D eigenvalue weighted by Gasteiger charge is -2.41. The Morgan fingerprint density at radius 2 is 1.87 bits per heavy atom. The Morgan fingerprint density at radius 1 is 1.13 bits per heavy atom. The molecule has 0 bridgehead atoms. The lowest BCUT2D eigenvalue weighted by atomic mass is 9.83. The summed E-state index contributed by atoms with van der Waals surface area (Å²) in [5.41, 5.74) is 2.11. The van der Waals surface area contributed by atoms with Gasteiger partial charge in [0, 0.05) is 25.1 Å². The molecule has 30 heavy (non-hydrogen) atoms. The quantitative estimate of drug-likeness (QED) is 0.679. The number of hydrogen-bond acceptors (Lipinski definition) is 3. The number of rotatable bonds is 9. The molecule has 0 spiro atoms. The molecule has 2 atom stereocenters. The van der Waals surface area contributed by atoms with Crippen molar-refractivity contribution >= 4 is 11.8 Å². The van der Waals surface area contributed by atoms with Crippen LogP contribution in [0.1, 0.15) is 49.8 Å². The predicted molar refractivity (Wildman–Crippen MR) is 118 cm³/mol. The van der Waals surface area contributed by atoms with Gasteiger partial charge in [-0.05, 0) is 30.9 Å². The minimum absolute atomic E-state index is 0.0100. The summed E-state index contributed by atoms with van der Waals surface area (Å²) in [6, 6.07) is 17.6. The van der Waals surface area contributed by atoms with E-state index in [1.54, 1.807) is 7.11 Å². The normalized spacial score (nSPS) is 18.9. The molecule has 1 heterocycles. The lowest BCUT2D eigenvalue weighted by molar-refractivity contribution is -0.143. The Labute approximate surface area is 179 Å². The molecule has 2 amide bonds. The zero-order chi connectivity index (χ0) is 21.3. The van der Waals surface area contributed by atoms with Crippen LogP contribution in [0.15, 0.2) is 54.6 Å². The summed E-state index contributed by atoms with van der Waals surface area (Å²) in [5.74, 6) is 0.566. The van der Waals surface area contributed by atoms with E-state index in [-0.39, 0.29) is 23.8 Å². The number of likely N-dealkylation sites (tertiary alicyclic amines) is 1. The molecular weight excluding hydrogens is 376 g/mol. The molecule has 1 fully saturated rings. The van der Waals surface area contributed by atoms with Crippen molar-refractivity contribution in [3.63, 3.8) is 0 Å². The van der Waals surface area contributed by atoms with Gasteiger partial charge in [-0.1, -0.05) is 61.9 Å². The number of methoxy groups -OCH3 is 1. The molecule has 1 aliphatic heterocycles. The van der Waals surface area contributed by atoms with Gasteiger partial charge in [0.25, 0.3) is 0 Å². The van der Waals surface area contributed by atoms with Gasteiger partial charge in [0.2, 0.25) is 11.8 Å². The van der Waals surface area contributed by atoms with Crippen molar-refractivity contribution in [3.05, 3.63) is 65.7 Å². The Balaban J connectivity index is 1.80. The molecule has 2 unspecified atom stereocenters. The third-order valence-electron chi connectivity index (χ3n) is 5.81. The van der Waals surface area contributed by atoms with Crippen molar-refractivity contribution in [2.24, 2.45) is 5.92 Å². The molecule has 160 valence electrons. The molecule has 0 aliphatic carbocycles. The first-order chi connectivity index (χ1) is 14.7. The van der Waals surface area contributed by atoms with Gasteiger partial charge in [-0.2, -0.15) is 0 Å². The highest BCUT2D eigenvalue weighted by Gasteiger charge is 2.41. The number of benzene rings is 2. The number of ether oxygens (including phenoxy) is 1. The maximum Gasteiger partial charge on any atom is 0.225 e. The maximum absolute atomic E-state index is 13.2. The Hall–Kier alpha value is -2.82. The number of unbranched alkanes of at least 4 members (excludes halogenated alkanes) is 1. The van der Waals surface area contributed by atoms with Crippen molar-refractivity contribution in [3.8, 4) is 5.75 Å². The summed E-state index contributed by atoms with van der Waals surface area (Å²) in [7, 11) is 1.63. The average molecular weight is 409 g/mol. The molecule has 0 aromatic heterocycles. The van der Waals surface area contributed by atoms with Crippen molar-refractivity contribution in [2.45, 2.75) is 45.1 Å². The molecule has 0 radical (unpaired) electrons. The number of hydrogen-bond donors (Lipinski definition) is 1. The van der Waals surface area contributed by atoms with E-state index in [0.29, 0.717) is 25.9 Å². The van der Waals surface area contributed by atoms with Gasteiger partial charge in [-0.25, -0.2) is 0 Å². The van der Waals surface area contributed by atoms with E-state index in [4.69, 9.17) is 4.74 Å². The third-order valence-corrected chi connectivity index (χ3v) is 5.81. The standard InChI is InChI=1S/C25H32N2O3/c1-3-4-18-27-23(28)15-14-21(24(27)20-12-8-9-13-22(20)30-2)25(29)26-17-16-19-10-6-5-7-11-19/h5-13,21,24H,3-4,14-18H2,1-2H3,(H,26,29). The van der Waals surface area contributed by atoms with E-state index in [1.165, 1.54) is 5.56 Å². The third kappa shape index (κ3) is 5.21. The molecule has 5 heteroatoms. The van der Waals surface area contributed by atoms with Gasteiger partial charge in [-0.15, -0.1) is 0 Å². The van der Waals surface area contributed by atoms with Crippen LogP contribution in [0.5, 0.6) is 5.75 Å². The van der Waals surface area contributed by atoms with E-state index in [9.17, 15) is 9.59 Å². The van der Waals surface area contributed by atoms with Crippen molar-refractivity contribution < 1.29 is 14.3 Å². The van der Waals surface area contributed by atoms with Gasteiger partial charge >= 0.3 is 0 Å². The number of para-hydroxylation sites is 1. The van der Waals surface area contributed by atoms with E-state index in [0.717, 1.165) is 30.6 Å². The maximum atomic E-state index is 13.2. The SMILES string of the molecule is CCCCN1C(=O)CCC(C(=O)NCCc2ccccc2)C1c1ccccc1OC. The van der Waals surface area contributed by atoms with Crippen LogP contribution < -0.4 is 10.1 Å². The van der Waals surface area contributed by atoms with Crippen LogP contribution in [0, 0.1) is 5.92 Å². The van der Waals surface area contributed by atoms with Crippen LogP contribution >= 0.6 is 0 Å². The summed E-state index contributed by atoms with van der Waals surface area (Å²) in [5, 5.41) is 3.11. The molecule has 2 aromatic carbocycles. The first-order valence-corrected chi connectivity index (χ1v) is 10.9. The molecule has 3 rings (SSSR count). The summed E-state index contributed by atoms with van der Waals surface area (Å²) in [4.78, 5) is 27.9. The molecular formula is C25H32N2O3. The molecule has 1 saturated heterocycles. The van der Waals surface area contributed by atoms with Crippen molar-refractivity contribution in [2.75, 3.05) is 20.2 Å². The second kappa shape index (κ2) is 10.8. The van der Waals surface area contributed by atoms with Crippen LogP contribution in [0.3, 0.4) is 0 Å². The fourth-order valence-corrected chi connectivity index (χ4v) is 4.22. The molecule has 5 nitrogen and oxygen atoms in total. The first kappa shape index (κ1) is 21.9. The van der Waals surface area contributed by atoms with Crippen LogP contribution in [-0.4, -0.2) is 36.9 Å². The highest BCUT2D eigenvalue weighted by atomic mass is 16.5. The summed E-state index contributed by atoms with van der Waals surface area (Å²) in [6.07, 6.45) is 3.67. The van der Waals surface area contributed by atoms with E-state index < -0.39 is 0 Å². The first-order valence-electron chi connectivity index (χ1n) is 10.9.